The molecule has 1 aliphatic rings. The number of thioether (sulfide) groups is 1. The van der Waals surface area contributed by atoms with Gasteiger partial charge in [-0.2, -0.15) is 0 Å². The van der Waals surface area contributed by atoms with Crippen molar-refractivity contribution in [2.75, 3.05) is 32.7 Å². The summed E-state index contributed by atoms with van der Waals surface area (Å²) in [4.78, 5) is 16.9. The number of likely N-dealkylation sites (N-methyl/N-ethyl adjacent to an activating group) is 1. The van der Waals surface area contributed by atoms with Crippen LogP contribution in [0.3, 0.4) is 0 Å². The van der Waals surface area contributed by atoms with Gasteiger partial charge in [-0.15, -0.1) is 10.2 Å². The van der Waals surface area contributed by atoms with Crippen LogP contribution in [-0.4, -0.2) is 63.9 Å². The molecule has 134 valence electrons. The fraction of sp³-hybridized carbons (Fsp3) is 0.500. The van der Waals surface area contributed by atoms with Crippen molar-refractivity contribution in [1.29, 1.82) is 0 Å². The molecule has 25 heavy (non-hydrogen) atoms. The minimum atomic E-state index is -0.238. The molecule has 1 aromatic carbocycles. The molecule has 1 unspecified atom stereocenters. The van der Waals surface area contributed by atoms with Gasteiger partial charge < -0.3 is 14.2 Å². The number of aromatic nitrogens is 2. The smallest absolute Gasteiger partial charge is 0.277 e. The Hall–Kier alpha value is -1.86. The third kappa shape index (κ3) is 4.22. The zero-order valence-electron chi connectivity index (χ0n) is 14.9. The third-order valence-electron chi connectivity index (χ3n) is 4.54. The second-order valence-corrected chi connectivity index (χ2v) is 7.50. The van der Waals surface area contributed by atoms with Crippen LogP contribution in [0.4, 0.5) is 0 Å². The Labute approximate surface area is 152 Å². The Morgan fingerprint density at radius 3 is 2.64 bits per heavy atom. The summed E-state index contributed by atoms with van der Waals surface area (Å²) in [5, 5.41) is 8.42. The van der Waals surface area contributed by atoms with Crippen LogP contribution in [-0.2, 0) is 4.79 Å². The first-order valence-corrected chi connectivity index (χ1v) is 9.53. The van der Waals surface area contributed by atoms with E-state index in [0.29, 0.717) is 11.1 Å². The largest absolute Gasteiger partial charge is 0.411 e. The van der Waals surface area contributed by atoms with Gasteiger partial charge in [-0.3, -0.25) is 4.79 Å². The first kappa shape index (κ1) is 17.9. The van der Waals surface area contributed by atoms with Crippen LogP contribution in [0.1, 0.15) is 19.4 Å². The van der Waals surface area contributed by atoms with Crippen molar-refractivity contribution in [3.05, 3.63) is 29.8 Å². The lowest BCUT2D eigenvalue weighted by atomic mass is 10.1. The molecule has 1 atom stereocenters. The summed E-state index contributed by atoms with van der Waals surface area (Å²) in [5.41, 5.74) is 2.01. The minimum Gasteiger partial charge on any atom is -0.411 e. The second-order valence-electron chi connectivity index (χ2n) is 6.21. The summed E-state index contributed by atoms with van der Waals surface area (Å²) >= 11 is 1.33. The molecule has 0 N–H and O–H groups in total. The number of hydrogen-bond donors (Lipinski definition) is 0. The average Bonchev–Trinajstić information content (AvgIpc) is 3.09. The highest BCUT2D eigenvalue weighted by atomic mass is 32.2. The fourth-order valence-corrected chi connectivity index (χ4v) is 3.69. The van der Waals surface area contributed by atoms with E-state index in [9.17, 15) is 4.79 Å². The SMILES string of the molecule is CCN1CCN(C(=O)C(C)Sc2nnc(-c3ccccc3C)o2)CC1. The summed E-state index contributed by atoms with van der Waals surface area (Å²) in [6.07, 6.45) is 0. The Balaban J connectivity index is 1.61. The molecule has 3 rings (SSSR count). The van der Waals surface area contributed by atoms with Crippen LogP contribution in [0.2, 0.25) is 0 Å². The van der Waals surface area contributed by atoms with E-state index in [4.69, 9.17) is 4.42 Å². The highest BCUT2D eigenvalue weighted by Crippen LogP contribution is 2.28. The predicted molar refractivity (Wildman–Crippen MR) is 98.5 cm³/mol. The van der Waals surface area contributed by atoms with Crippen LogP contribution in [0.5, 0.6) is 0 Å². The van der Waals surface area contributed by atoms with Gasteiger partial charge in [0.1, 0.15) is 0 Å². The van der Waals surface area contributed by atoms with E-state index in [1.807, 2.05) is 43.0 Å². The van der Waals surface area contributed by atoms with Crippen molar-refractivity contribution in [3.8, 4) is 11.5 Å². The van der Waals surface area contributed by atoms with Crippen LogP contribution in [0, 0.1) is 6.92 Å². The average molecular weight is 360 g/mol. The van der Waals surface area contributed by atoms with Gasteiger partial charge >= 0.3 is 0 Å². The number of nitrogens with zero attached hydrogens (tertiary/aromatic N) is 4. The van der Waals surface area contributed by atoms with Crippen molar-refractivity contribution in [3.63, 3.8) is 0 Å². The molecule has 7 heteroatoms. The second kappa shape index (κ2) is 8.01. The van der Waals surface area contributed by atoms with Crippen LogP contribution >= 0.6 is 11.8 Å². The predicted octanol–water partition coefficient (Wildman–Crippen LogP) is 2.69. The number of hydrogen-bond acceptors (Lipinski definition) is 6. The minimum absolute atomic E-state index is 0.136. The van der Waals surface area contributed by atoms with Crippen molar-refractivity contribution >= 4 is 17.7 Å². The number of amides is 1. The lowest BCUT2D eigenvalue weighted by molar-refractivity contribution is -0.132. The molecule has 1 aromatic heterocycles. The Kier molecular flexibility index (Phi) is 5.75. The Bertz CT molecular complexity index is 725. The number of aryl methyl sites for hydroxylation is 1. The maximum atomic E-state index is 12.6. The maximum Gasteiger partial charge on any atom is 0.277 e. The van der Waals surface area contributed by atoms with Crippen molar-refractivity contribution < 1.29 is 9.21 Å². The molecule has 1 saturated heterocycles. The first-order valence-electron chi connectivity index (χ1n) is 8.65. The summed E-state index contributed by atoms with van der Waals surface area (Å²) in [7, 11) is 0. The van der Waals surface area contributed by atoms with Crippen LogP contribution < -0.4 is 0 Å². The monoisotopic (exact) mass is 360 g/mol. The maximum absolute atomic E-state index is 12.6. The summed E-state index contributed by atoms with van der Waals surface area (Å²) < 4.78 is 5.75. The van der Waals surface area contributed by atoms with Gasteiger partial charge in [-0.25, -0.2) is 0 Å². The molecule has 1 fully saturated rings. The van der Waals surface area contributed by atoms with Crippen LogP contribution in [0.25, 0.3) is 11.5 Å². The zero-order chi connectivity index (χ0) is 17.8. The number of carbonyl (C=O) groups excluding carboxylic acids is 1. The van der Waals surface area contributed by atoms with Crippen molar-refractivity contribution in [1.82, 2.24) is 20.0 Å². The van der Waals surface area contributed by atoms with E-state index < -0.39 is 0 Å². The topological polar surface area (TPSA) is 62.5 Å². The molecule has 0 radical (unpaired) electrons. The molecule has 1 amide bonds. The highest BCUT2D eigenvalue weighted by Gasteiger charge is 2.26. The molecular formula is C18H24N4O2S. The van der Waals surface area contributed by atoms with Gasteiger partial charge in [0.05, 0.1) is 5.25 Å². The lowest BCUT2D eigenvalue weighted by Gasteiger charge is -2.35. The van der Waals surface area contributed by atoms with Gasteiger partial charge in [-0.1, -0.05) is 36.9 Å². The van der Waals surface area contributed by atoms with Gasteiger partial charge in [0.15, 0.2) is 0 Å². The van der Waals surface area contributed by atoms with E-state index in [1.165, 1.54) is 11.8 Å². The lowest BCUT2D eigenvalue weighted by Crippen LogP contribution is -2.50. The van der Waals surface area contributed by atoms with E-state index in [1.54, 1.807) is 0 Å². The Morgan fingerprint density at radius 2 is 1.96 bits per heavy atom. The number of piperazine rings is 1. The zero-order valence-corrected chi connectivity index (χ0v) is 15.8. The van der Waals surface area contributed by atoms with Gasteiger partial charge in [0.25, 0.3) is 5.22 Å². The highest BCUT2D eigenvalue weighted by molar-refractivity contribution is 8.00. The standard InChI is InChI=1S/C18H24N4O2S/c1-4-21-9-11-22(12-10-21)17(23)14(3)25-18-20-19-16(24-18)15-8-6-5-7-13(15)2/h5-8,14H,4,9-12H2,1-3H3. The first-order chi connectivity index (χ1) is 12.1. The summed E-state index contributed by atoms with van der Waals surface area (Å²) in [5.74, 6) is 0.633. The van der Waals surface area contributed by atoms with Gasteiger partial charge in [-0.05, 0) is 32.0 Å². The third-order valence-corrected chi connectivity index (χ3v) is 5.46. The number of rotatable bonds is 5. The van der Waals surface area contributed by atoms with Gasteiger partial charge in [0, 0.05) is 31.7 Å². The molecule has 0 bridgehead atoms. The molecule has 0 aliphatic carbocycles. The fourth-order valence-electron chi connectivity index (χ4n) is 2.92. The van der Waals surface area contributed by atoms with Crippen molar-refractivity contribution in [2.24, 2.45) is 0 Å². The van der Waals surface area contributed by atoms with E-state index in [0.717, 1.165) is 43.9 Å². The van der Waals surface area contributed by atoms with Crippen LogP contribution in [0.15, 0.2) is 33.9 Å². The van der Waals surface area contributed by atoms with Gasteiger partial charge in [0.2, 0.25) is 11.8 Å². The molecule has 6 nitrogen and oxygen atoms in total. The summed E-state index contributed by atoms with van der Waals surface area (Å²) in [6.45, 7) is 10.6. The number of carbonyl (C=O) groups is 1. The normalized spacial score (nSPS) is 16.8. The van der Waals surface area contributed by atoms with E-state index in [2.05, 4.69) is 22.0 Å². The quantitative estimate of drug-likeness (QED) is 0.764. The molecule has 2 aromatic rings. The van der Waals surface area contributed by atoms with E-state index >= 15 is 0 Å². The van der Waals surface area contributed by atoms with E-state index in [-0.39, 0.29) is 11.2 Å². The van der Waals surface area contributed by atoms with Crippen molar-refractivity contribution in [2.45, 2.75) is 31.2 Å². The molecule has 1 aliphatic heterocycles. The molecule has 0 spiro atoms. The Morgan fingerprint density at radius 1 is 1.24 bits per heavy atom. The molecule has 2 heterocycles. The number of benzene rings is 1. The molecule has 0 saturated carbocycles. The summed E-state index contributed by atoms with van der Waals surface area (Å²) in [6, 6.07) is 7.89. The molecular weight excluding hydrogens is 336 g/mol.